The van der Waals surface area contributed by atoms with Crippen LogP contribution in [0.2, 0.25) is 0 Å². The van der Waals surface area contributed by atoms with Crippen LogP contribution >= 0.6 is 15.9 Å². The summed E-state index contributed by atoms with van der Waals surface area (Å²) < 4.78 is 0.879. The van der Waals surface area contributed by atoms with E-state index in [-0.39, 0.29) is 0 Å². The van der Waals surface area contributed by atoms with Crippen molar-refractivity contribution in [1.29, 1.82) is 0 Å². The van der Waals surface area contributed by atoms with Gasteiger partial charge in [0.15, 0.2) is 0 Å². The number of rotatable bonds is 6. The Morgan fingerprint density at radius 2 is 1.74 bits per heavy atom. The van der Waals surface area contributed by atoms with Crippen LogP contribution in [0.15, 0.2) is 41.1 Å². The minimum absolute atomic E-state index is 0.636. The van der Waals surface area contributed by atoms with E-state index in [0.717, 1.165) is 29.7 Å². The lowest BCUT2D eigenvalue weighted by Crippen LogP contribution is -2.04. The van der Waals surface area contributed by atoms with Gasteiger partial charge in [0.25, 0.3) is 0 Å². The molecule has 0 amide bonds. The molecule has 0 radical (unpaired) electrons. The third-order valence-corrected chi connectivity index (χ3v) is 3.01. The van der Waals surface area contributed by atoms with Gasteiger partial charge < -0.3 is 10.6 Å². The molecule has 0 bridgehead atoms. The minimum atomic E-state index is 0.636. The standard InChI is InChI=1S/C14H17BrN4/c1-2-7-16-13-5-3-11(4-6-13)8-17-14-18-9-12(15)10-19-14/h3-6,9-10,16H,2,7-8H2,1H3,(H,17,18,19). The van der Waals surface area contributed by atoms with Gasteiger partial charge in [-0.2, -0.15) is 0 Å². The molecule has 0 saturated carbocycles. The molecule has 1 aromatic carbocycles. The van der Waals surface area contributed by atoms with Crippen LogP contribution in [0.4, 0.5) is 11.6 Å². The Morgan fingerprint density at radius 1 is 1.05 bits per heavy atom. The van der Waals surface area contributed by atoms with E-state index in [4.69, 9.17) is 0 Å². The van der Waals surface area contributed by atoms with Crippen molar-refractivity contribution in [2.45, 2.75) is 19.9 Å². The van der Waals surface area contributed by atoms with Gasteiger partial charge in [0.05, 0.1) is 4.47 Å². The summed E-state index contributed by atoms with van der Waals surface area (Å²) in [6, 6.07) is 8.39. The normalized spacial score (nSPS) is 10.2. The Labute approximate surface area is 121 Å². The third-order valence-electron chi connectivity index (χ3n) is 2.60. The lowest BCUT2D eigenvalue weighted by atomic mass is 10.2. The first-order valence-corrected chi connectivity index (χ1v) is 7.11. The van der Waals surface area contributed by atoms with Crippen molar-refractivity contribution < 1.29 is 0 Å². The first-order valence-electron chi connectivity index (χ1n) is 6.32. The van der Waals surface area contributed by atoms with E-state index in [1.54, 1.807) is 12.4 Å². The predicted molar refractivity (Wildman–Crippen MR) is 82.3 cm³/mol. The molecule has 0 unspecified atom stereocenters. The van der Waals surface area contributed by atoms with Crippen molar-refractivity contribution in [3.8, 4) is 0 Å². The molecule has 1 aromatic heterocycles. The van der Waals surface area contributed by atoms with Gasteiger partial charge in [0, 0.05) is 31.2 Å². The number of benzene rings is 1. The zero-order valence-electron chi connectivity index (χ0n) is 10.9. The third kappa shape index (κ3) is 4.52. The van der Waals surface area contributed by atoms with Crippen LogP contribution in [0.25, 0.3) is 0 Å². The van der Waals surface area contributed by atoms with Gasteiger partial charge in [-0.15, -0.1) is 0 Å². The molecule has 0 aliphatic carbocycles. The molecule has 0 atom stereocenters. The smallest absolute Gasteiger partial charge is 0.222 e. The SMILES string of the molecule is CCCNc1ccc(CNc2ncc(Br)cn2)cc1. The van der Waals surface area contributed by atoms with Crippen LogP contribution in [-0.2, 0) is 6.54 Å². The fraction of sp³-hybridized carbons (Fsp3) is 0.286. The molecule has 2 rings (SSSR count). The topological polar surface area (TPSA) is 49.8 Å². The van der Waals surface area contributed by atoms with Crippen LogP contribution in [-0.4, -0.2) is 16.5 Å². The predicted octanol–water partition coefficient (Wildman–Crippen LogP) is 3.67. The lowest BCUT2D eigenvalue weighted by molar-refractivity contribution is 0.979. The highest BCUT2D eigenvalue weighted by Crippen LogP contribution is 2.11. The average molecular weight is 321 g/mol. The van der Waals surface area contributed by atoms with Crippen LogP contribution in [0, 0.1) is 0 Å². The molecule has 100 valence electrons. The molecular formula is C14H17BrN4. The Bertz CT molecular complexity index is 496. The second-order valence-corrected chi connectivity index (χ2v) is 5.12. The molecule has 0 saturated heterocycles. The van der Waals surface area contributed by atoms with E-state index >= 15 is 0 Å². The lowest BCUT2D eigenvalue weighted by Gasteiger charge is -2.07. The van der Waals surface area contributed by atoms with E-state index in [9.17, 15) is 0 Å². The first kappa shape index (κ1) is 13.8. The summed E-state index contributed by atoms with van der Waals surface area (Å²) in [5, 5.41) is 6.54. The van der Waals surface area contributed by atoms with Crippen molar-refractivity contribution in [2.75, 3.05) is 17.2 Å². The maximum atomic E-state index is 4.17. The maximum absolute atomic E-state index is 4.17. The van der Waals surface area contributed by atoms with Crippen molar-refractivity contribution in [3.05, 3.63) is 46.7 Å². The number of nitrogens with zero attached hydrogens (tertiary/aromatic N) is 2. The summed E-state index contributed by atoms with van der Waals surface area (Å²) in [6.45, 7) is 3.88. The van der Waals surface area contributed by atoms with Crippen molar-refractivity contribution in [1.82, 2.24) is 9.97 Å². The summed E-state index contributed by atoms with van der Waals surface area (Å²) in [7, 11) is 0. The van der Waals surface area contributed by atoms with Gasteiger partial charge in [-0.3, -0.25) is 0 Å². The van der Waals surface area contributed by atoms with E-state index in [0.29, 0.717) is 5.95 Å². The molecule has 1 heterocycles. The Kier molecular flexibility index (Phi) is 5.15. The van der Waals surface area contributed by atoms with Gasteiger partial charge in [0.2, 0.25) is 5.95 Å². The van der Waals surface area contributed by atoms with Gasteiger partial charge in [-0.1, -0.05) is 19.1 Å². The highest BCUT2D eigenvalue weighted by atomic mass is 79.9. The number of halogens is 1. The number of hydrogen-bond donors (Lipinski definition) is 2. The monoisotopic (exact) mass is 320 g/mol. The van der Waals surface area contributed by atoms with Crippen LogP contribution in [0.5, 0.6) is 0 Å². The Hall–Kier alpha value is -1.62. The number of aromatic nitrogens is 2. The fourth-order valence-electron chi connectivity index (χ4n) is 1.59. The summed E-state index contributed by atoms with van der Waals surface area (Å²) in [5.74, 6) is 0.636. The van der Waals surface area contributed by atoms with Crippen LogP contribution < -0.4 is 10.6 Å². The van der Waals surface area contributed by atoms with Gasteiger partial charge in [0.1, 0.15) is 0 Å². The molecule has 2 aromatic rings. The molecule has 19 heavy (non-hydrogen) atoms. The highest BCUT2D eigenvalue weighted by Gasteiger charge is 1.97. The Morgan fingerprint density at radius 3 is 2.37 bits per heavy atom. The molecule has 2 N–H and O–H groups in total. The highest BCUT2D eigenvalue weighted by molar-refractivity contribution is 9.10. The average Bonchev–Trinajstić information content (AvgIpc) is 2.46. The number of hydrogen-bond acceptors (Lipinski definition) is 4. The van der Waals surface area contributed by atoms with Crippen molar-refractivity contribution in [2.24, 2.45) is 0 Å². The summed E-state index contributed by atoms with van der Waals surface area (Å²) >= 11 is 3.31. The van der Waals surface area contributed by atoms with Crippen LogP contribution in [0.1, 0.15) is 18.9 Å². The number of anilines is 2. The summed E-state index contributed by atoms with van der Waals surface area (Å²) in [5.41, 5.74) is 2.36. The van der Waals surface area contributed by atoms with E-state index < -0.39 is 0 Å². The van der Waals surface area contributed by atoms with E-state index in [1.165, 1.54) is 5.56 Å². The number of nitrogens with one attached hydrogen (secondary N) is 2. The van der Waals surface area contributed by atoms with E-state index in [1.807, 2.05) is 0 Å². The molecule has 0 spiro atoms. The fourth-order valence-corrected chi connectivity index (χ4v) is 1.80. The quantitative estimate of drug-likeness (QED) is 0.852. The summed E-state index contributed by atoms with van der Waals surface area (Å²) in [4.78, 5) is 8.34. The second-order valence-electron chi connectivity index (χ2n) is 4.20. The maximum Gasteiger partial charge on any atom is 0.222 e. The van der Waals surface area contributed by atoms with Gasteiger partial charge in [-0.25, -0.2) is 9.97 Å². The van der Waals surface area contributed by atoms with Gasteiger partial charge >= 0.3 is 0 Å². The molecule has 0 aliphatic heterocycles. The summed E-state index contributed by atoms with van der Waals surface area (Å²) in [6.07, 6.45) is 4.59. The van der Waals surface area contributed by atoms with Crippen molar-refractivity contribution >= 4 is 27.6 Å². The largest absolute Gasteiger partial charge is 0.385 e. The molecule has 0 aliphatic rings. The molecule has 5 heteroatoms. The molecular weight excluding hydrogens is 304 g/mol. The van der Waals surface area contributed by atoms with Crippen LogP contribution in [0.3, 0.4) is 0 Å². The first-order chi connectivity index (χ1) is 9.28. The molecule has 4 nitrogen and oxygen atoms in total. The van der Waals surface area contributed by atoms with Gasteiger partial charge in [-0.05, 0) is 40.0 Å². The zero-order valence-corrected chi connectivity index (χ0v) is 12.4. The second kappa shape index (κ2) is 7.09. The van der Waals surface area contributed by atoms with Crippen molar-refractivity contribution in [3.63, 3.8) is 0 Å². The Balaban J connectivity index is 1.87. The molecule has 0 fully saturated rings. The van der Waals surface area contributed by atoms with E-state index in [2.05, 4.69) is 67.7 Å². The zero-order chi connectivity index (χ0) is 13.5. The minimum Gasteiger partial charge on any atom is -0.385 e.